The summed E-state index contributed by atoms with van der Waals surface area (Å²) >= 11 is 0. The van der Waals surface area contributed by atoms with Gasteiger partial charge in [-0.15, -0.1) is 0 Å². The second-order valence-electron chi connectivity index (χ2n) is 4.28. The minimum absolute atomic E-state index is 0.240. The van der Waals surface area contributed by atoms with Crippen molar-refractivity contribution in [2.75, 3.05) is 0 Å². The summed E-state index contributed by atoms with van der Waals surface area (Å²) in [4.78, 5) is 0.278. The number of hydrogen-bond donors (Lipinski definition) is 1. The zero-order valence-electron chi connectivity index (χ0n) is 11.0. The van der Waals surface area contributed by atoms with Crippen LogP contribution in [0.4, 0.5) is 0 Å². The Balaban J connectivity index is 2.12. The molecular formula is C13H17N3O2S. The number of sulfonamides is 1. The van der Waals surface area contributed by atoms with Crippen LogP contribution in [-0.2, 0) is 23.1 Å². The number of rotatable bonds is 5. The quantitative estimate of drug-likeness (QED) is 0.906. The van der Waals surface area contributed by atoms with E-state index in [-0.39, 0.29) is 11.4 Å². The van der Waals surface area contributed by atoms with Gasteiger partial charge in [-0.2, -0.15) is 5.10 Å². The number of hydrogen-bond acceptors (Lipinski definition) is 3. The Labute approximate surface area is 113 Å². The van der Waals surface area contributed by atoms with Gasteiger partial charge in [-0.25, -0.2) is 13.1 Å². The topological polar surface area (TPSA) is 64.0 Å². The molecule has 0 aliphatic carbocycles. The maximum Gasteiger partial charge on any atom is 0.240 e. The average Bonchev–Trinajstić information content (AvgIpc) is 2.84. The van der Waals surface area contributed by atoms with E-state index in [4.69, 9.17) is 0 Å². The lowest BCUT2D eigenvalue weighted by Crippen LogP contribution is -2.24. The summed E-state index contributed by atoms with van der Waals surface area (Å²) in [6.45, 7) is 4.84. The molecule has 0 aliphatic rings. The van der Waals surface area contributed by atoms with Gasteiger partial charge in [0.15, 0.2) is 0 Å². The molecule has 1 aromatic heterocycles. The molecule has 0 spiro atoms. The van der Waals surface area contributed by atoms with E-state index in [9.17, 15) is 8.42 Å². The predicted molar refractivity (Wildman–Crippen MR) is 73.1 cm³/mol. The lowest BCUT2D eigenvalue weighted by atomic mass is 10.2. The van der Waals surface area contributed by atoms with Crippen LogP contribution in [0.2, 0.25) is 0 Å². The summed E-state index contributed by atoms with van der Waals surface area (Å²) in [5.74, 6) is 0. The van der Waals surface area contributed by atoms with Crippen LogP contribution in [0.15, 0.2) is 41.4 Å². The first kappa shape index (κ1) is 13.8. The highest BCUT2D eigenvalue weighted by molar-refractivity contribution is 7.89. The van der Waals surface area contributed by atoms with Crippen molar-refractivity contribution in [3.05, 3.63) is 47.8 Å². The molecule has 0 radical (unpaired) electrons. The summed E-state index contributed by atoms with van der Waals surface area (Å²) < 4.78 is 28.5. The number of benzene rings is 1. The molecule has 1 aromatic carbocycles. The van der Waals surface area contributed by atoms with E-state index in [0.717, 1.165) is 11.3 Å². The van der Waals surface area contributed by atoms with Crippen LogP contribution in [-0.4, -0.2) is 18.2 Å². The van der Waals surface area contributed by atoms with E-state index >= 15 is 0 Å². The van der Waals surface area contributed by atoms with Crippen molar-refractivity contribution >= 4 is 10.0 Å². The largest absolute Gasteiger partial charge is 0.269 e. The normalized spacial score (nSPS) is 11.7. The number of aromatic nitrogens is 2. The highest BCUT2D eigenvalue weighted by Gasteiger charge is 2.14. The van der Waals surface area contributed by atoms with Crippen molar-refractivity contribution in [1.29, 1.82) is 0 Å². The zero-order chi connectivity index (χ0) is 13.9. The molecule has 0 saturated heterocycles. The third kappa shape index (κ3) is 3.21. The summed E-state index contributed by atoms with van der Waals surface area (Å²) in [5, 5.41) is 4.10. The minimum Gasteiger partial charge on any atom is -0.269 e. The van der Waals surface area contributed by atoms with Crippen molar-refractivity contribution in [2.24, 2.45) is 0 Å². The first-order chi connectivity index (χ1) is 9.03. The molecule has 0 unspecified atom stereocenters. The molecule has 0 saturated carbocycles. The first-order valence-corrected chi connectivity index (χ1v) is 7.58. The number of nitrogens with one attached hydrogen (secondary N) is 1. The highest BCUT2D eigenvalue weighted by Crippen LogP contribution is 2.10. The van der Waals surface area contributed by atoms with E-state index < -0.39 is 10.0 Å². The third-order valence-electron chi connectivity index (χ3n) is 2.88. The third-order valence-corrected chi connectivity index (χ3v) is 4.30. The van der Waals surface area contributed by atoms with Crippen LogP contribution in [0.25, 0.3) is 0 Å². The zero-order valence-corrected chi connectivity index (χ0v) is 11.8. The van der Waals surface area contributed by atoms with Gasteiger partial charge in [0, 0.05) is 12.7 Å². The fourth-order valence-electron chi connectivity index (χ4n) is 1.76. The lowest BCUT2D eigenvalue weighted by Gasteiger charge is -2.08. The predicted octanol–water partition coefficient (Wildman–Crippen LogP) is 1.69. The first-order valence-electron chi connectivity index (χ1n) is 6.10. The summed E-state index contributed by atoms with van der Waals surface area (Å²) in [6.07, 6.45) is 1.67. The van der Waals surface area contributed by atoms with Crippen LogP contribution >= 0.6 is 0 Å². The monoisotopic (exact) mass is 279 g/mol. The van der Waals surface area contributed by atoms with Crippen molar-refractivity contribution in [2.45, 2.75) is 31.8 Å². The molecule has 5 nitrogen and oxygen atoms in total. The Bertz CT molecular complexity index is 645. The van der Waals surface area contributed by atoms with Gasteiger partial charge in [0.1, 0.15) is 0 Å². The second-order valence-corrected chi connectivity index (χ2v) is 6.04. The molecule has 0 bridgehead atoms. The summed E-state index contributed by atoms with van der Waals surface area (Å²) in [5.41, 5.74) is 1.88. The van der Waals surface area contributed by atoms with Gasteiger partial charge in [-0.1, -0.05) is 17.7 Å². The van der Waals surface area contributed by atoms with Crippen LogP contribution in [0, 0.1) is 6.92 Å². The maximum atomic E-state index is 12.1. The summed E-state index contributed by atoms with van der Waals surface area (Å²) in [7, 11) is -3.47. The fourth-order valence-corrected chi connectivity index (χ4v) is 2.76. The van der Waals surface area contributed by atoms with Gasteiger partial charge in [0.05, 0.1) is 17.1 Å². The summed E-state index contributed by atoms with van der Waals surface area (Å²) in [6, 6.07) is 8.58. The van der Waals surface area contributed by atoms with E-state index in [1.165, 1.54) is 0 Å². The molecule has 2 rings (SSSR count). The minimum atomic E-state index is -3.47. The molecule has 19 heavy (non-hydrogen) atoms. The molecule has 0 atom stereocenters. The molecule has 0 aliphatic heterocycles. The molecule has 0 fully saturated rings. The molecule has 1 N–H and O–H groups in total. The van der Waals surface area contributed by atoms with Gasteiger partial charge < -0.3 is 0 Å². The van der Waals surface area contributed by atoms with Crippen molar-refractivity contribution in [3.8, 4) is 0 Å². The Morgan fingerprint density at radius 1 is 1.21 bits per heavy atom. The number of nitrogens with zero attached hydrogens (tertiary/aromatic N) is 2. The van der Waals surface area contributed by atoms with Crippen LogP contribution in [0.5, 0.6) is 0 Å². The smallest absolute Gasteiger partial charge is 0.240 e. The Kier molecular flexibility index (Phi) is 4.01. The Morgan fingerprint density at radius 3 is 2.53 bits per heavy atom. The molecule has 6 heteroatoms. The van der Waals surface area contributed by atoms with E-state index in [1.807, 2.05) is 13.8 Å². The lowest BCUT2D eigenvalue weighted by molar-refractivity contribution is 0.570. The van der Waals surface area contributed by atoms with Gasteiger partial charge >= 0.3 is 0 Å². The van der Waals surface area contributed by atoms with E-state index in [0.29, 0.717) is 6.54 Å². The molecular weight excluding hydrogens is 262 g/mol. The van der Waals surface area contributed by atoms with Crippen LogP contribution in [0.1, 0.15) is 18.2 Å². The standard InChI is InChI=1S/C13H17N3O2S/c1-3-16-12(8-9-14-16)10-15-19(17,18)13-6-4-11(2)5-7-13/h4-9,15H,3,10H2,1-2H3. The van der Waals surface area contributed by atoms with Crippen molar-refractivity contribution in [3.63, 3.8) is 0 Å². The Morgan fingerprint density at radius 2 is 1.89 bits per heavy atom. The van der Waals surface area contributed by atoms with Gasteiger partial charge in [0.2, 0.25) is 10.0 Å². The fraction of sp³-hybridized carbons (Fsp3) is 0.308. The van der Waals surface area contributed by atoms with E-state index in [2.05, 4.69) is 9.82 Å². The highest BCUT2D eigenvalue weighted by atomic mass is 32.2. The van der Waals surface area contributed by atoms with Gasteiger partial charge in [-0.05, 0) is 32.0 Å². The van der Waals surface area contributed by atoms with Gasteiger partial charge in [0.25, 0.3) is 0 Å². The maximum absolute atomic E-state index is 12.1. The SMILES string of the molecule is CCn1nccc1CNS(=O)(=O)c1ccc(C)cc1. The van der Waals surface area contributed by atoms with Gasteiger partial charge in [-0.3, -0.25) is 4.68 Å². The average molecular weight is 279 g/mol. The second kappa shape index (κ2) is 5.54. The molecule has 1 heterocycles. The van der Waals surface area contributed by atoms with Crippen molar-refractivity contribution < 1.29 is 8.42 Å². The van der Waals surface area contributed by atoms with Crippen LogP contribution in [0.3, 0.4) is 0 Å². The molecule has 2 aromatic rings. The molecule has 0 amide bonds. The van der Waals surface area contributed by atoms with Crippen LogP contribution < -0.4 is 4.72 Å². The van der Waals surface area contributed by atoms with Crippen molar-refractivity contribution in [1.82, 2.24) is 14.5 Å². The number of aryl methyl sites for hydroxylation is 2. The Hall–Kier alpha value is -1.66. The molecule has 102 valence electrons. The van der Waals surface area contributed by atoms with E-state index in [1.54, 1.807) is 41.2 Å².